The van der Waals surface area contributed by atoms with Crippen LogP contribution in [0.5, 0.6) is 11.6 Å². The minimum atomic E-state index is -0.493. The maximum Gasteiger partial charge on any atom is 0.270 e. The summed E-state index contributed by atoms with van der Waals surface area (Å²) in [5.74, 6) is -0.143. The summed E-state index contributed by atoms with van der Waals surface area (Å²) in [6.45, 7) is 5.01. The summed E-state index contributed by atoms with van der Waals surface area (Å²) in [5.41, 5.74) is 2.45. The fraction of sp³-hybridized carbons (Fsp3) is 0.304. The quantitative estimate of drug-likeness (QED) is 0.289. The Balaban J connectivity index is 1.47. The third kappa shape index (κ3) is 4.06. The van der Waals surface area contributed by atoms with Crippen molar-refractivity contribution in [1.82, 2.24) is 14.8 Å². The number of hydrogen-bond acceptors (Lipinski definition) is 9. The molecule has 5 rings (SSSR count). The fourth-order valence-electron chi connectivity index (χ4n) is 4.25. The predicted octanol–water partition coefficient (Wildman–Crippen LogP) is 2.59. The van der Waals surface area contributed by atoms with Crippen LogP contribution in [0.25, 0.3) is 10.9 Å². The van der Waals surface area contributed by atoms with E-state index in [4.69, 9.17) is 4.84 Å². The highest BCUT2D eigenvalue weighted by atomic mass is 16.6. The lowest BCUT2D eigenvalue weighted by Gasteiger charge is -2.31. The fourth-order valence-corrected chi connectivity index (χ4v) is 4.25. The van der Waals surface area contributed by atoms with E-state index in [0.717, 1.165) is 26.2 Å². The second kappa shape index (κ2) is 8.76. The van der Waals surface area contributed by atoms with E-state index in [1.165, 1.54) is 30.3 Å². The van der Waals surface area contributed by atoms with Gasteiger partial charge in [-0.05, 0) is 31.3 Å². The first-order valence-electron chi connectivity index (χ1n) is 10.9. The zero-order chi connectivity index (χ0) is 23.8. The van der Waals surface area contributed by atoms with Gasteiger partial charge in [0.25, 0.3) is 5.69 Å². The number of nitro groups is 1. The van der Waals surface area contributed by atoms with Crippen LogP contribution < -0.4 is 0 Å². The Kier molecular flexibility index (Phi) is 5.64. The number of nitrogens with one attached hydrogen (secondary N) is 1. The number of aromatic hydroxyl groups is 2. The summed E-state index contributed by atoms with van der Waals surface area (Å²) in [4.78, 5) is 28.5. The maximum atomic E-state index is 11.3. The average Bonchev–Trinajstić information content (AvgIpc) is 3.33. The first-order valence-corrected chi connectivity index (χ1v) is 10.9. The van der Waals surface area contributed by atoms with Crippen LogP contribution in [-0.4, -0.2) is 87.7 Å². The van der Waals surface area contributed by atoms with Gasteiger partial charge in [-0.3, -0.25) is 15.0 Å². The number of aromatic amines is 1. The molecule has 0 radical (unpaired) electrons. The number of benzene rings is 2. The van der Waals surface area contributed by atoms with E-state index in [1.807, 2.05) is 0 Å². The van der Waals surface area contributed by atoms with Crippen molar-refractivity contribution >= 4 is 33.7 Å². The molecule has 1 saturated heterocycles. The van der Waals surface area contributed by atoms with Gasteiger partial charge in [-0.15, -0.1) is 0 Å². The summed E-state index contributed by atoms with van der Waals surface area (Å²) in [7, 11) is 2.10. The van der Waals surface area contributed by atoms with Crippen LogP contribution in [0.3, 0.4) is 0 Å². The summed E-state index contributed by atoms with van der Waals surface area (Å²) in [6, 6.07) is 8.97. The standard InChI is InChI=1S/C23H24N6O5/c1-27-6-8-28(9-7-27)10-11-34-26-21-17-13-15(30)3-5-19(17)24-22(21)20-16-12-14(29(32)33)2-4-18(16)25-23(20)31/h2-5,12-13,25,30-31H,6-11H2,1H3. The second-order valence-corrected chi connectivity index (χ2v) is 8.42. The highest BCUT2D eigenvalue weighted by molar-refractivity contribution is 6.58. The number of nitrogens with zero attached hydrogens (tertiary/aromatic N) is 5. The minimum absolute atomic E-state index is 0.0409. The van der Waals surface area contributed by atoms with Crippen molar-refractivity contribution in [2.24, 2.45) is 10.1 Å². The van der Waals surface area contributed by atoms with Gasteiger partial charge in [0, 0.05) is 61.3 Å². The largest absolute Gasteiger partial charge is 0.508 e. The van der Waals surface area contributed by atoms with Crippen LogP contribution >= 0.6 is 0 Å². The molecule has 0 aliphatic carbocycles. The van der Waals surface area contributed by atoms with Crippen molar-refractivity contribution in [3.8, 4) is 11.6 Å². The topological polar surface area (TPSA) is 140 Å². The molecule has 0 amide bonds. The highest BCUT2D eigenvalue weighted by Gasteiger charge is 2.30. The zero-order valence-electron chi connectivity index (χ0n) is 18.6. The average molecular weight is 464 g/mol. The van der Waals surface area contributed by atoms with E-state index >= 15 is 0 Å². The molecule has 2 aliphatic heterocycles. The number of aliphatic imine (C=N–C) groups is 1. The molecule has 0 spiro atoms. The molecule has 176 valence electrons. The van der Waals surface area contributed by atoms with Crippen LogP contribution in [0.1, 0.15) is 11.1 Å². The lowest BCUT2D eigenvalue weighted by molar-refractivity contribution is -0.384. The van der Waals surface area contributed by atoms with Crippen LogP contribution in [0, 0.1) is 10.1 Å². The number of phenolic OH excluding ortho intramolecular Hbond substituents is 1. The van der Waals surface area contributed by atoms with Gasteiger partial charge < -0.3 is 24.9 Å². The van der Waals surface area contributed by atoms with Crippen LogP contribution in [0.15, 0.2) is 46.5 Å². The van der Waals surface area contributed by atoms with Gasteiger partial charge in [0.2, 0.25) is 0 Å². The monoisotopic (exact) mass is 464 g/mol. The Morgan fingerprint density at radius 3 is 2.74 bits per heavy atom. The molecule has 0 atom stereocenters. The summed E-state index contributed by atoms with van der Waals surface area (Å²) >= 11 is 0. The molecule has 34 heavy (non-hydrogen) atoms. The van der Waals surface area contributed by atoms with Crippen molar-refractivity contribution < 1.29 is 20.0 Å². The number of fused-ring (bicyclic) bond motifs is 2. The molecular weight excluding hydrogens is 440 g/mol. The number of aromatic nitrogens is 1. The van der Waals surface area contributed by atoms with Crippen LogP contribution in [0.2, 0.25) is 0 Å². The van der Waals surface area contributed by atoms with Crippen molar-refractivity contribution in [3.63, 3.8) is 0 Å². The summed E-state index contributed by atoms with van der Waals surface area (Å²) < 4.78 is 0. The number of phenols is 1. The molecule has 2 aliphatic rings. The summed E-state index contributed by atoms with van der Waals surface area (Å²) in [6.07, 6.45) is 0. The Hall–Kier alpha value is -3.96. The summed E-state index contributed by atoms with van der Waals surface area (Å²) in [5, 5.41) is 36.8. The van der Waals surface area contributed by atoms with E-state index in [-0.39, 0.29) is 22.9 Å². The van der Waals surface area contributed by atoms with Crippen LogP contribution in [0.4, 0.5) is 11.4 Å². The minimum Gasteiger partial charge on any atom is -0.508 e. The lowest BCUT2D eigenvalue weighted by Crippen LogP contribution is -2.45. The Bertz CT molecular complexity index is 1320. The molecule has 0 unspecified atom stereocenters. The van der Waals surface area contributed by atoms with E-state index in [0.29, 0.717) is 46.7 Å². The molecule has 3 heterocycles. The Morgan fingerprint density at radius 2 is 1.97 bits per heavy atom. The van der Waals surface area contributed by atoms with Gasteiger partial charge in [-0.25, -0.2) is 4.99 Å². The molecule has 11 heteroatoms. The smallest absolute Gasteiger partial charge is 0.270 e. The number of likely N-dealkylation sites (N-methyl/N-ethyl adjacent to an activating group) is 1. The first kappa shape index (κ1) is 21.9. The van der Waals surface area contributed by atoms with Gasteiger partial charge in [0.1, 0.15) is 23.8 Å². The number of non-ortho nitro benzene ring substituents is 1. The van der Waals surface area contributed by atoms with Gasteiger partial charge in [-0.1, -0.05) is 5.16 Å². The van der Waals surface area contributed by atoms with Crippen molar-refractivity contribution in [1.29, 1.82) is 0 Å². The number of H-pyrrole nitrogens is 1. The molecule has 0 bridgehead atoms. The maximum absolute atomic E-state index is 11.3. The van der Waals surface area contributed by atoms with Crippen molar-refractivity contribution in [2.75, 3.05) is 46.4 Å². The van der Waals surface area contributed by atoms with Crippen LogP contribution in [-0.2, 0) is 4.84 Å². The number of piperazine rings is 1. The molecular formula is C23H24N6O5. The van der Waals surface area contributed by atoms with Crippen molar-refractivity contribution in [2.45, 2.75) is 0 Å². The third-order valence-corrected chi connectivity index (χ3v) is 6.15. The highest BCUT2D eigenvalue weighted by Crippen LogP contribution is 2.38. The third-order valence-electron chi connectivity index (χ3n) is 6.15. The number of oxime groups is 1. The van der Waals surface area contributed by atoms with Gasteiger partial charge >= 0.3 is 0 Å². The van der Waals surface area contributed by atoms with Gasteiger partial charge in [0.15, 0.2) is 5.88 Å². The first-order chi connectivity index (χ1) is 16.4. The molecule has 2 aromatic carbocycles. The molecule has 11 nitrogen and oxygen atoms in total. The number of nitro benzene ring substituents is 1. The predicted molar refractivity (Wildman–Crippen MR) is 127 cm³/mol. The molecule has 0 saturated carbocycles. The molecule has 1 fully saturated rings. The zero-order valence-corrected chi connectivity index (χ0v) is 18.6. The van der Waals surface area contributed by atoms with E-state index in [2.05, 4.69) is 32.0 Å². The molecule has 3 N–H and O–H groups in total. The van der Waals surface area contributed by atoms with Crippen molar-refractivity contribution in [3.05, 3.63) is 57.6 Å². The van der Waals surface area contributed by atoms with E-state index in [1.54, 1.807) is 6.07 Å². The number of rotatable bonds is 6. The Morgan fingerprint density at radius 1 is 1.18 bits per heavy atom. The van der Waals surface area contributed by atoms with E-state index < -0.39 is 4.92 Å². The molecule has 3 aromatic rings. The lowest BCUT2D eigenvalue weighted by atomic mass is 10.0. The van der Waals surface area contributed by atoms with Gasteiger partial charge in [-0.2, -0.15) is 0 Å². The van der Waals surface area contributed by atoms with E-state index in [9.17, 15) is 20.3 Å². The number of hydrogen-bond donors (Lipinski definition) is 3. The van der Waals surface area contributed by atoms with Gasteiger partial charge in [0.05, 0.1) is 16.2 Å². The molecule has 1 aromatic heterocycles. The normalized spacial score (nSPS) is 17.8. The second-order valence-electron chi connectivity index (χ2n) is 8.42. The SMILES string of the molecule is CN1CCN(CCON=C2C(c3c(O)[nH]c4ccc([N+](=O)[O-])cc34)=Nc3ccc(O)cc32)CC1. The Labute approximate surface area is 194 Å².